The monoisotopic (exact) mass is 209 g/mol. The van der Waals surface area contributed by atoms with Gasteiger partial charge in [-0.25, -0.2) is 4.89 Å². The Hall–Kier alpha value is -0.170. The first kappa shape index (κ1) is 10.9. The van der Waals surface area contributed by atoms with Crippen LogP contribution in [0.2, 0.25) is 0 Å². The molecule has 5 nitrogen and oxygen atoms in total. The Bertz CT molecular complexity index is 233. The van der Waals surface area contributed by atoms with Gasteiger partial charge in [0.2, 0.25) is 0 Å². The fourth-order valence-electron chi connectivity index (χ4n) is 1.53. The lowest BCUT2D eigenvalue weighted by Gasteiger charge is -2.21. The summed E-state index contributed by atoms with van der Waals surface area (Å²) in [4.78, 5) is 4.10. The van der Waals surface area contributed by atoms with Crippen LogP contribution in [0.1, 0.15) is 32.1 Å². The zero-order chi connectivity index (χ0) is 9.73. The van der Waals surface area contributed by atoms with Crippen molar-refractivity contribution in [2.45, 2.75) is 38.1 Å². The molecule has 0 heterocycles. The second-order valence-corrected chi connectivity index (χ2v) is 4.42. The van der Waals surface area contributed by atoms with Crippen LogP contribution in [0.15, 0.2) is 0 Å². The van der Waals surface area contributed by atoms with Crippen LogP contribution in [-0.2, 0) is 19.5 Å². The maximum Gasteiger partial charge on any atom is 0.362 e. The summed E-state index contributed by atoms with van der Waals surface area (Å²) in [6.45, 7) is 0. The minimum absolute atomic E-state index is 0.00824. The van der Waals surface area contributed by atoms with Crippen molar-refractivity contribution >= 4 is 10.3 Å². The zero-order valence-corrected chi connectivity index (χ0v) is 8.47. The lowest BCUT2D eigenvalue weighted by Crippen LogP contribution is -2.37. The molecule has 78 valence electrons. The summed E-state index contributed by atoms with van der Waals surface area (Å²) in [5.74, 6) is 0. The van der Waals surface area contributed by atoms with Crippen LogP contribution < -0.4 is 4.72 Å². The molecule has 1 N–H and O–H groups in total. The Morgan fingerprint density at radius 3 is 2.38 bits per heavy atom. The van der Waals surface area contributed by atoms with Gasteiger partial charge in [-0.05, 0) is 12.8 Å². The van der Waals surface area contributed by atoms with Gasteiger partial charge in [0, 0.05) is 6.04 Å². The Morgan fingerprint density at radius 2 is 1.85 bits per heavy atom. The van der Waals surface area contributed by atoms with Crippen LogP contribution in [0.5, 0.6) is 0 Å². The predicted octanol–water partition coefficient (Wildman–Crippen LogP) is 0.731. The molecular weight excluding hydrogens is 194 g/mol. The molecule has 1 aliphatic rings. The third-order valence-corrected chi connectivity index (χ3v) is 3.01. The molecule has 0 aliphatic heterocycles. The van der Waals surface area contributed by atoms with E-state index in [2.05, 4.69) is 13.9 Å². The van der Waals surface area contributed by atoms with Gasteiger partial charge in [0.05, 0.1) is 7.11 Å². The van der Waals surface area contributed by atoms with E-state index in [0.717, 1.165) is 25.7 Å². The highest BCUT2D eigenvalue weighted by Crippen LogP contribution is 2.18. The van der Waals surface area contributed by atoms with Crippen molar-refractivity contribution in [1.29, 1.82) is 0 Å². The van der Waals surface area contributed by atoms with Gasteiger partial charge in [0.1, 0.15) is 0 Å². The molecule has 0 spiro atoms. The van der Waals surface area contributed by atoms with E-state index in [1.54, 1.807) is 0 Å². The second-order valence-electron chi connectivity index (χ2n) is 3.14. The quantitative estimate of drug-likeness (QED) is 0.547. The third kappa shape index (κ3) is 4.04. The fraction of sp³-hybridized carbons (Fsp3) is 1.00. The van der Waals surface area contributed by atoms with E-state index in [4.69, 9.17) is 0 Å². The summed E-state index contributed by atoms with van der Waals surface area (Å²) >= 11 is 0. The van der Waals surface area contributed by atoms with E-state index in [1.165, 1.54) is 13.5 Å². The lowest BCUT2D eigenvalue weighted by molar-refractivity contribution is -0.173. The van der Waals surface area contributed by atoms with Gasteiger partial charge >= 0.3 is 10.3 Å². The molecule has 1 fully saturated rings. The first-order chi connectivity index (χ1) is 6.14. The fourth-order valence-corrected chi connectivity index (χ4v) is 2.40. The van der Waals surface area contributed by atoms with Gasteiger partial charge in [-0.1, -0.05) is 23.6 Å². The number of rotatable bonds is 4. The summed E-state index contributed by atoms with van der Waals surface area (Å²) in [6.07, 6.45) is 5.09. The number of nitrogens with one attached hydrogen (secondary N) is 1. The summed E-state index contributed by atoms with van der Waals surface area (Å²) < 4.78 is 28.6. The highest BCUT2D eigenvalue weighted by Gasteiger charge is 2.20. The van der Waals surface area contributed by atoms with Crippen molar-refractivity contribution in [1.82, 2.24) is 4.72 Å². The molecule has 0 aromatic carbocycles. The molecule has 0 saturated heterocycles. The number of hydrogen-bond acceptors (Lipinski definition) is 4. The van der Waals surface area contributed by atoms with Gasteiger partial charge in [0.25, 0.3) is 0 Å². The van der Waals surface area contributed by atoms with E-state index < -0.39 is 10.3 Å². The van der Waals surface area contributed by atoms with Gasteiger partial charge in [-0.15, -0.1) is 0 Å². The minimum Gasteiger partial charge on any atom is -0.222 e. The maximum absolute atomic E-state index is 11.0. The van der Waals surface area contributed by atoms with Crippen LogP contribution >= 0.6 is 0 Å². The van der Waals surface area contributed by atoms with E-state index in [-0.39, 0.29) is 6.04 Å². The second kappa shape index (κ2) is 4.90. The van der Waals surface area contributed by atoms with E-state index in [1.807, 2.05) is 0 Å². The molecule has 0 bridgehead atoms. The Balaban J connectivity index is 2.37. The van der Waals surface area contributed by atoms with Crippen molar-refractivity contribution in [3.05, 3.63) is 0 Å². The molecule has 0 unspecified atom stereocenters. The SMILES string of the molecule is COOS(=O)(=O)NC1CCCCC1. The molecular formula is C7H15NO4S. The lowest BCUT2D eigenvalue weighted by atomic mass is 9.96. The van der Waals surface area contributed by atoms with Gasteiger partial charge in [0.15, 0.2) is 0 Å². The molecule has 0 radical (unpaired) electrons. The predicted molar refractivity (Wildman–Crippen MR) is 47.0 cm³/mol. The van der Waals surface area contributed by atoms with Crippen molar-refractivity contribution in [3.8, 4) is 0 Å². The highest BCUT2D eigenvalue weighted by atomic mass is 32.2. The zero-order valence-electron chi connectivity index (χ0n) is 7.65. The topological polar surface area (TPSA) is 64.6 Å². The smallest absolute Gasteiger partial charge is 0.222 e. The Morgan fingerprint density at radius 1 is 1.23 bits per heavy atom. The average Bonchev–Trinajstić information content (AvgIpc) is 2.04. The molecule has 0 aromatic heterocycles. The van der Waals surface area contributed by atoms with Crippen LogP contribution in [-0.4, -0.2) is 21.6 Å². The minimum atomic E-state index is -3.70. The number of hydrogen-bond donors (Lipinski definition) is 1. The molecule has 1 aliphatic carbocycles. The summed E-state index contributed by atoms with van der Waals surface area (Å²) in [5.41, 5.74) is 0. The van der Waals surface area contributed by atoms with Crippen LogP contribution in [0.4, 0.5) is 0 Å². The summed E-state index contributed by atoms with van der Waals surface area (Å²) in [5, 5.41) is 0. The molecule has 0 amide bonds. The van der Waals surface area contributed by atoms with Crippen molar-refractivity contribution < 1.29 is 17.6 Å². The van der Waals surface area contributed by atoms with Gasteiger partial charge in [-0.3, -0.25) is 0 Å². The van der Waals surface area contributed by atoms with Gasteiger partial charge < -0.3 is 0 Å². The van der Waals surface area contributed by atoms with Crippen molar-refractivity contribution in [2.75, 3.05) is 7.11 Å². The van der Waals surface area contributed by atoms with Crippen molar-refractivity contribution in [3.63, 3.8) is 0 Å². The highest BCUT2D eigenvalue weighted by molar-refractivity contribution is 7.84. The standard InChI is InChI=1S/C7H15NO4S/c1-11-12-13(9,10)8-7-5-3-2-4-6-7/h7-8H,2-6H2,1H3. The Kier molecular flexibility index (Phi) is 4.11. The summed E-state index contributed by atoms with van der Waals surface area (Å²) in [6, 6.07) is 0.00824. The molecule has 1 rings (SSSR count). The molecule has 6 heteroatoms. The largest absolute Gasteiger partial charge is 0.362 e. The van der Waals surface area contributed by atoms with E-state index in [0.29, 0.717) is 0 Å². The van der Waals surface area contributed by atoms with E-state index in [9.17, 15) is 8.42 Å². The Labute approximate surface area is 78.6 Å². The van der Waals surface area contributed by atoms with Crippen LogP contribution in [0, 0.1) is 0 Å². The molecule has 0 aromatic rings. The van der Waals surface area contributed by atoms with Gasteiger partial charge in [-0.2, -0.15) is 13.1 Å². The van der Waals surface area contributed by atoms with E-state index >= 15 is 0 Å². The first-order valence-electron chi connectivity index (χ1n) is 4.38. The molecule has 0 atom stereocenters. The molecule has 1 saturated carbocycles. The maximum atomic E-state index is 11.0. The molecule has 13 heavy (non-hydrogen) atoms. The van der Waals surface area contributed by atoms with Crippen LogP contribution in [0.3, 0.4) is 0 Å². The average molecular weight is 209 g/mol. The summed E-state index contributed by atoms with van der Waals surface area (Å²) in [7, 11) is -2.54. The van der Waals surface area contributed by atoms with Crippen molar-refractivity contribution in [2.24, 2.45) is 0 Å². The normalized spacial score (nSPS) is 20.4. The van der Waals surface area contributed by atoms with Crippen LogP contribution in [0.25, 0.3) is 0 Å². The first-order valence-corrected chi connectivity index (χ1v) is 5.79. The third-order valence-electron chi connectivity index (χ3n) is 2.07.